The molecule has 0 aliphatic rings. The van der Waals surface area contributed by atoms with Gasteiger partial charge in [-0.3, -0.25) is 9.78 Å². The van der Waals surface area contributed by atoms with E-state index in [-0.39, 0.29) is 18.3 Å². The third kappa shape index (κ3) is 3.46. The molecular weight excluding hydrogens is 339 g/mol. The van der Waals surface area contributed by atoms with E-state index in [1.54, 1.807) is 13.1 Å². The summed E-state index contributed by atoms with van der Waals surface area (Å²) in [6.45, 7) is 5.79. The normalized spacial score (nSPS) is 12.5. The Morgan fingerprint density at radius 1 is 1.27 bits per heavy atom. The minimum Gasteiger partial charge on any atom is -0.481 e. The Bertz CT molecular complexity index is 956. The molecule has 0 radical (unpaired) electrons. The molecule has 1 atom stereocenters. The van der Waals surface area contributed by atoms with E-state index in [9.17, 15) is 9.18 Å². The lowest BCUT2D eigenvalue weighted by Gasteiger charge is -2.12. The van der Waals surface area contributed by atoms with E-state index < -0.39 is 17.7 Å². The maximum atomic E-state index is 13.5. The Kier molecular flexibility index (Phi) is 4.79. The molecule has 2 N–H and O–H groups in total. The molecule has 3 rings (SSSR count). The monoisotopic (exact) mass is 358 g/mol. The second-order valence-electron chi connectivity index (χ2n) is 6.37. The number of halogens is 1. The van der Waals surface area contributed by atoms with Crippen LogP contribution in [0.1, 0.15) is 32.3 Å². The smallest absolute Gasteiger partial charge is 0.308 e. The van der Waals surface area contributed by atoms with Crippen molar-refractivity contribution in [2.75, 3.05) is 11.9 Å². The molecule has 26 heavy (non-hydrogen) atoms. The number of hydrogen-bond donors (Lipinski definition) is 2. The average Bonchev–Trinajstić information content (AvgIpc) is 3.03. The van der Waals surface area contributed by atoms with Crippen LogP contribution in [0.3, 0.4) is 0 Å². The molecule has 0 saturated carbocycles. The zero-order valence-electron chi connectivity index (χ0n) is 14.6. The number of fused-ring (bicyclic) bond motifs is 1. The third-order valence-corrected chi connectivity index (χ3v) is 3.97. The number of carboxylic acid groups (broad SMARTS) is 1. The molecule has 136 valence electrons. The van der Waals surface area contributed by atoms with E-state index >= 15 is 0 Å². The van der Waals surface area contributed by atoms with E-state index in [0.29, 0.717) is 17.2 Å². The van der Waals surface area contributed by atoms with Gasteiger partial charge in [-0.2, -0.15) is 14.6 Å². The Labute approximate surface area is 149 Å². The van der Waals surface area contributed by atoms with E-state index in [4.69, 9.17) is 5.11 Å². The van der Waals surface area contributed by atoms with E-state index in [1.165, 1.54) is 16.8 Å². The van der Waals surface area contributed by atoms with Crippen LogP contribution in [0.5, 0.6) is 0 Å². The highest BCUT2D eigenvalue weighted by molar-refractivity contribution is 5.70. The number of anilines is 1. The zero-order chi connectivity index (χ0) is 18.8. The highest BCUT2D eigenvalue weighted by Gasteiger charge is 2.18. The van der Waals surface area contributed by atoms with Crippen LogP contribution in [-0.4, -0.2) is 42.2 Å². The van der Waals surface area contributed by atoms with Crippen LogP contribution in [-0.2, 0) is 4.79 Å². The van der Waals surface area contributed by atoms with Crippen molar-refractivity contribution in [3.63, 3.8) is 0 Å². The van der Waals surface area contributed by atoms with Crippen LogP contribution in [0.25, 0.3) is 17.0 Å². The number of aromatic nitrogens is 5. The lowest BCUT2D eigenvalue weighted by atomic mass is 10.1. The molecule has 3 aromatic rings. The molecule has 0 aliphatic heterocycles. The predicted molar refractivity (Wildman–Crippen MR) is 93.3 cm³/mol. The molecule has 0 amide bonds. The summed E-state index contributed by atoms with van der Waals surface area (Å²) in [5.74, 6) is -1.21. The van der Waals surface area contributed by atoms with Crippen LogP contribution in [0.4, 0.5) is 10.3 Å². The van der Waals surface area contributed by atoms with Crippen LogP contribution in [0.2, 0.25) is 0 Å². The van der Waals surface area contributed by atoms with Gasteiger partial charge >= 0.3 is 5.97 Å². The number of pyridine rings is 1. The van der Waals surface area contributed by atoms with Gasteiger partial charge in [-0.05, 0) is 12.0 Å². The first kappa shape index (κ1) is 17.7. The van der Waals surface area contributed by atoms with E-state index in [0.717, 1.165) is 11.8 Å². The molecule has 3 heterocycles. The third-order valence-electron chi connectivity index (χ3n) is 3.97. The van der Waals surface area contributed by atoms with Crippen molar-refractivity contribution < 1.29 is 14.3 Å². The molecule has 3 aromatic heterocycles. The first-order chi connectivity index (χ1) is 12.4. The zero-order valence-corrected chi connectivity index (χ0v) is 14.6. The highest BCUT2D eigenvalue weighted by atomic mass is 19.1. The van der Waals surface area contributed by atoms with Gasteiger partial charge in [0.25, 0.3) is 0 Å². The molecule has 0 aliphatic carbocycles. The minimum absolute atomic E-state index is 0.166. The van der Waals surface area contributed by atoms with Crippen molar-refractivity contribution in [1.29, 1.82) is 0 Å². The number of carboxylic acids is 1. The maximum absolute atomic E-state index is 13.5. The number of carbonyl (C=O) groups is 1. The summed E-state index contributed by atoms with van der Waals surface area (Å²) in [5, 5.41) is 16.4. The first-order valence-electron chi connectivity index (χ1n) is 8.20. The number of nitrogens with one attached hydrogen (secondary N) is 1. The summed E-state index contributed by atoms with van der Waals surface area (Å²) in [6, 6.07) is 1.30. The van der Waals surface area contributed by atoms with Crippen molar-refractivity contribution in [3.8, 4) is 11.4 Å². The Hall–Kier alpha value is -3.10. The van der Waals surface area contributed by atoms with Gasteiger partial charge in [-0.15, -0.1) is 0 Å². The van der Waals surface area contributed by atoms with Crippen molar-refractivity contribution in [1.82, 2.24) is 24.6 Å². The number of hydrogen-bond acceptors (Lipinski definition) is 6. The molecule has 8 nitrogen and oxygen atoms in total. The van der Waals surface area contributed by atoms with Crippen LogP contribution in [0.15, 0.2) is 24.7 Å². The Balaban J connectivity index is 2.11. The lowest BCUT2D eigenvalue weighted by Crippen LogP contribution is -2.21. The quantitative estimate of drug-likeness (QED) is 0.697. The van der Waals surface area contributed by atoms with Gasteiger partial charge in [0.1, 0.15) is 5.82 Å². The molecular formula is C17H19FN6O2. The fraction of sp³-hybridized carbons (Fsp3) is 0.353. The van der Waals surface area contributed by atoms with Gasteiger partial charge in [0.05, 0.1) is 18.3 Å². The summed E-state index contributed by atoms with van der Waals surface area (Å²) < 4.78 is 15.1. The van der Waals surface area contributed by atoms with Crippen molar-refractivity contribution >= 4 is 17.6 Å². The van der Waals surface area contributed by atoms with Gasteiger partial charge in [-0.25, -0.2) is 9.37 Å². The molecule has 0 spiro atoms. The van der Waals surface area contributed by atoms with Gasteiger partial charge in [-0.1, -0.05) is 20.8 Å². The summed E-state index contributed by atoms with van der Waals surface area (Å²) in [7, 11) is 0. The Morgan fingerprint density at radius 2 is 2.04 bits per heavy atom. The van der Waals surface area contributed by atoms with E-state index in [1.807, 2.05) is 13.8 Å². The standard InChI is InChI=1S/C17H19FN6O2/c1-9(2)13-8-21-24-15(13)22-14(11-4-12(18)7-19-6-11)23-17(24)20-5-10(3)16(25)26/h4,6-10H,5H2,1-3H3,(H,25,26)(H,20,22,23). The second kappa shape index (κ2) is 7.03. The summed E-state index contributed by atoms with van der Waals surface area (Å²) in [5.41, 5.74) is 1.92. The van der Waals surface area contributed by atoms with Crippen molar-refractivity contribution in [2.45, 2.75) is 26.7 Å². The van der Waals surface area contributed by atoms with Gasteiger partial charge in [0.15, 0.2) is 11.5 Å². The first-order valence-corrected chi connectivity index (χ1v) is 8.20. The molecule has 0 fully saturated rings. The van der Waals surface area contributed by atoms with Gasteiger partial charge in [0, 0.05) is 23.9 Å². The SMILES string of the molecule is CC(CNc1nc(-c2cncc(F)c2)nc2c(C(C)C)cnn12)C(=O)O. The summed E-state index contributed by atoms with van der Waals surface area (Å²) in [4.78, 5) is 23.8. The molecule has 0 aromatic carbocycles. The summed E-state index contributed by atoms with van der Waals surface area (Å²) >= 11 is 0. The second-order valence-corrected chi connectivity index (χ2v) is 6.37. The molecule has 0 bridgehead atoms. The van der Waals surface area contributed by atoms with E-state index in [2.05, 4.69) is 25.4 Å². The van der Waals surface area contributed by atoms with Gasteiger partial charge in [0.2, 0.25) is 5.95 Å². The Morgan fingerprint density at radius 3 is 2.69 bits per heavy atom. The van der Waals surface area contributed by atoms with Gasteiger partial charge < -0.3 is 10.4 Å². The van der Waals surface area contributed by atoms with Crippen molar-refractivity contribution in [3.05, 3.63) is 36.0 Å². The molecule has 1 unspecified atom stereocenters. The number of rotatable bonds is 6. The molecule has 9 heteroatoms. The lowest BCUT2D eigenvalue weighted by molar-refractivity contribution is -0.140. The predicted octanol–water partition coefficient (Wildman–Crippen LogP) is 2.58. The van der Waals surface area contributed by atoms with Crippen LogP contribution < -0.4 is 5.32 Å². The fourth-order valence-corrected chi connectivity index (χ4v) is 2.41. The minimum atomic E-state index is -0.916. The average molecular weight is 358 g/mol. The highest BCUT2D eigenvalue weighted by Crippen LogP contribution is 2.24. The summed E-state index contributed by atoms with van der Waals surface area (Å²) in [6.07, 6.45) is 4.28. The number of nitrogens with zero attached hydrogens (tertiary/aromatic N) is 5. The maximum Gasteiger partial charge on any atom is 0.308 e. The topological polar surface area (TPSA) is 105 Å². The van der Waals surface area contributed by atoms with Crippen LogP contribution >= 0.6 is 0 Å². The van der Waals surface area contributed by atoms with Crippen molar-refractivity contribution in [2.24, 2.45) is 5.92 Å². The fourth-order valence-electron chi connectivity index (χ4n) is 2.41. The molecule has 0 saturated heterocycles. The van der Waals surface area contributed by atoms with Crippen LogP contribution in [0, 0.1) is 11.7 Å². The largest absolute Gasteiger partial charge is 0.481 e. The number of aliphatic carboxylic acids is 1.